The minimum atomic E-state index is -0.164. The van der Waals surface area contributed by atoms with E-state index < -0.39 is 0 Å². The highest BCUT2D eigenvalue weighted by Gasteiger charge is 2.19. The van der Waals surface area contributed by atoms with Gasteiger partial charge in [0.1, 0.15) is 5.76 Å². The molecule has 1 saturated carbocycles. The lowest BCUT2D eigenvalue weighted by Gasteiger charge is -2.14. The average Bonchev–Trinajstić information content (AvgIpc) is 2.87. The van der Waals surface area contributed by atoms with Crippen molar-refractivity contribution in [2.45, 2.75) is 50.0 Å². The van der Waals surface area contributed by atoms with E-state index in [4.69, 9.17) is 4.42 Å². The van der Waals surface area contributed by atoms with Gasteiger partial charge in [0.05, 0.1) is 12.4 Å². The molecule has 1 fully saturated rings. The Bertz CT molecular complexity index is 315. The molecule has 0 radical (unpaired) electrons. The molecule has 1 atom stereocenters. The second-order valence-electron chi connectivity index (χ2n) is 4.69. The average molecular weight is 240 g/mol. The van der Waals surface area contributed by atoms with E-state index in [-0.39, 0.29) is 6.10 Å². The summed E-state index contributed by atoms with van der Waals surface area (Å²) in [5.74, 6) is 2.51. The summed E-state index contributed by atoms with van der Waals surface area (Å²) in [7, 11) is 0. The Kier molecular flexibility index (Phi) is 4.36. The van der Waals surface area contributed by atoms with Crippen LogP contribution in [0.15, 0.2) is 21.6 Å². The van der Waals surface area contributed by atoms with E-state index in [1.54, 1.807) is 18.0 Å². The van der Waals surface area contributed by atoms with Crippen LogP contribution in [-0.2, 0) is 0 Å². The molecule has 1 heterocycles. The zero-order valence-corrected chi connectivity index (χ0v) is 10.6. The van der Waals surface area contributed by atoms with Crippen LogP contribution < -0.4 is 0 Å². The quantitative estimate of drug-likeness (QED) is 0.798. The summed E-state index contributed by atoms with van der Waals surface area (Å²) in [5.41, 5.74) is 0. The summed E-state index contributed by atoms with van der Waals surface area (Å²) in [5, 5.41) is 9.95. The van der Waals surface area contributed by atoms with Crippen molar-refractivity contribution in [1.29, 1.82) is 0 Å². The third kappa shape index (κ3) is 3.29. The van der Waals surface area contributed by atoms with Crippen LogP contribution in [0.1, 0.15) is 37.9 Å². The lowest BCUT2D eigenvalue weighted by atomic mass is 10.0. The number of furan rings is 1. The van der Waals surface area contributed by atoms with Crippen LogP contribution in [-0.4, -0.2) is 17.0 Å². The minimum Gasteiger partial charge on any atom is -0.468 e. The van der Waals surface area contributed by atoms with Gasteiger partial charge in [0.2, 0.25) is 0 Å². The van der Waals surface area contributed by atoms with Gasteiger partial charge in [-0.05, 0) is 25.3 Å². The number of rotatable bonds is 5. The Labute approximate surface area is 101 Å². The highest BCUT2D eigenvalue weighted by atomic mass is 32.2. The minimum absolute atomic E-state index is 0.164. The number of aliphatic hydroxyl groups excluding tert-OH is 1. The summed E-state index contributed by atoms with van der Waals surface area (Å²) in [6, 6.07) is 1.97. The van der Waals surface area contributed by atoms with Crippen molar-refractivity contribution in [3.05, 3.63) is 18.1 Å². The molecule has 1 aliphatic carbocycles. The van der Waals surface area contributed by atoms with E-state index in [0.29, 0.717) is 0 Å². The van der Waals surface area contributed by atoms with E-state index in [1.165, 1.54) is 25.7 Å². The van der Waals surface area contributed by atoms with Gasteiger partial charge in [0.15, 0.2) is 0 Å². The maximum absolute atomic E-state index is 9.95. The van der Waals surface area contributed by atoms with Crippen molar-refractivity contribution in [2.75, 3.05) is 5.75 Å². The molecule has 0 aliphatic heterocycles. The number of aliphatic hydroxyl groups is 1. The molecule has 1 N–H and O–H groups in total. The first-order valence-corrected chi connectivity index (χ1v) is 7.09. The summed E-state index contributed by atoms with van der Waals surface area (Å²) < 4.78 is 5.23. The third-order valence-corrected chi connectivity index (χ3v) is 4.61. The standard InChI is InChI=1S/C13H20O2S/c1-10-13(6-7-15-10)16-9-12(14)8-11-4-2-3-5-11/h6-7,11-12,14H,2-5,8-9H2,1H3. The number of thioether (sulfide) groups is 1. The predicted molar refractivity (Wildman–Crippen MR) is 66.8 cm³/mol. The Morgan fingerprint density at radius 1 is 1.50 bits per heavy atom. The molecule has 2 nitrogen and oxygen atoms in total. The highest BCUT2D eigenvalue weighted by molar-refractivity contribution is 7.99. The van der Waals surface area contributed by atoms with Crippen molar-refractivity contribution in [2.24, 2.45) is 5.92 Å². The van der Waals surface area contributed by atoms with Crippen molar-refractivity contribution >= 4 is 11.8 Å². The van der Waals surface area contributed by atoms with Crippen molar-refractivity contribution in [3.63, 3.8) is 0 Å². The van der Waals surface area contributed by atoms with Crippen molar-refractivity contribution in [1.82, 2.24) is 0 Å². The van der Waals surface area contributed by atoms with Crippen LogP contribution in [0.5, 0.6) is 0 Å². The van der Waals surface area contributed by atoms with Crippen LogP contribution >= 0.6 is 11.8 Å². The smallest absolute Gasteiger partial charge is 0.114 e. The monoisotopic (exact) mass is 240 g/mol. The molecule has 0 aromatic carbocycles. The first-order valence-electron chi connectivity index (χ1n) is 6.10. The molecular weight excluding hydrogens is 220 g/mol. The maximum Gasteiger partial charge on any atom is 0.114 e. The fourth-order valence-electron chi connectivity index (χ4n) is 2.41. The van der Waals surface area contributed by atoms with Crippen molar-refractivity contribution in [3.8, 4) is 0 Å². The SMILES string of the molecule is Cc1occc1SCC(O)CC1CCCC1. The molecule has 0 amide bonds. The molecular formula is C13H20O2S. The third-order valence-electron chi connectivity index (χ3n) is 3.32. The molecule has 16 heavy (non-hydrogen) atoms. The first kappa shape index (κ1) is 12.1. The molecule has 90 valence electrons. The van der Waals surface area contributed by atoms with Gasteiger partial charge < -0.3 is 9.52 Å². The Morgan fingerprint density at radius 2 is 2.25 bits per heavy atom. The fourth-order valence-corrected chi connectivity index (χ4v) is 3.32. The molecule has 0 spiro atoms. The Hall–Kier alpha value is -0.410. The van der Waals surface area contributed by atoms with E-state index >= 15 is 0 Å². The normalized spacial score (nSPS) is 19.1. The molecule has 0 saturated heterocycles. The predicted octanol–water partition coefficient (Wildman–Crippen LogP) is 3.62. The molecule has 1 aliphatic rings. The second kappa shape index (κ2) is 5.78. The topological polar surface area (TPSA) is 33.4 Å². The van der Waals surface area contributed by atoms with Gasteiger partial charge in [-0.2, -0.15) is 0 Å². The fraction of sp³-hybridized carbons (Fsp3) is 0.692. The first-order chi connectivity index (χ1) is 7.75. The van der Waals surface area contributed by atoms with E-state index in [0.717, 1.165) is 28.7 Å². The van der Waals surface area contributed by atoms with E-state index in [9.17, 15) is 5.11 Å². The van der Waals surface area contributed by atoms with Crippen LogP contribution in [0.2, 0.25) is 0 Å². The van der Waals surface area contributed by atoms with Gasteiger partial charge in [-0.3, -0.25) is 0 Å². The largest absolute Gasteiger partial charge is 0.468 e. The summed E-state index contributed by atoms with van der Waals surface area (Å²) in [6.07, 6.45) is 7.85. The van der Waals surface area contributed by atoms with E-state index in [2.05, 4.69) is 0 Å². The van der Waals surface area contributed by atoms with Crippen molar-refractivity contribution < 1.29 is 9.52 Å². The molecule has 0 bridgehead atoms. The lowest BCUT2D eigenvalue weighted by Crippen LogP contribution is -2.14. The lowest BCUT2D eigenvalue weighted by molar-refractivity contribution is 0.166. The van der Waals surface area contributed by atoms with Crippen LogP contribution in [0.4, 0.5) is 0 Å². The molecule has 3 heteroatoms. The van der Waals surface area contributed by atoms with Crippen LogP contribution in [0.25, 0.3) is 0 Å². The van der Waals surface area contributed by atoms with Gasteiger partial charge in [0.25, 0.3) is 0 Å². The molecule has 1 aromatic rings. The van der Waals surface area contributed by atoms with Gasteiger partial charge in [-0.15, -0.1) is 11.8 Å². The zero-order valence-electron chi connectivity index (χ0n) is 9.82. The Morgan fingerprint density at radius 3 is 2.88 bits per heavy atom. The highest BCUT2D eigenvalue weighted by Crippen LogP contribution is 2.30. The molecule has 1 aromatic heterocycles. The van der Waals surface area contributed by atoms with Gasteiger partial charge >= 0.3 is 0 Å². The van der Waals surface area contributed by atoms with E-state index in [1.807, 2.05) is 13.0 Å². The molecule has 1 unspecified atom stereocenters. The zero-order chi connectivity index (χ0) is 11.4. The maximum atomic E-state index is 9.95. The number of hydrogen-bond donors (Lipinski definition) is 1. The van der Waals surface area contributed by atoms with Gasteiger partial charge in [0, 0.05) is 10.6 Å². The van der Waals surface area contributed by atoms with Gasteiger partial charge in [-0.25, -0.2) is 0 Å². The molecule has 2 rings (SSSR count). The second-order valence-corrected chi connectivity index (χ2v) is 5.75. The number of hydrogen-bond acceptors (Lipinski definition) is 3. The summed E-state index contributed by atoms with van der Waals surface area (Å²) in [6.45, 7) is 1.96. The number of aryl methyl sites for hydroxylation is 1. The summed E-state index contributed by atoms with van der Waals surface area (Å²) in [4.78, 5) is 1.16. The van der Waals surface area contributed by atoms with Gasteiger partial charge in [-0.1, -0.05) is 25.7 Å². The van der Waals surface area contributed by atoms with Crippen LogP contribution in [0.3, 0.4) is 0 Å². The summed E-state index contributed by atoms with van der Waals surface area (Å²) >= 11 is 1.70. The van der Waals surface area contributed by atoms with Crippen LogP contribution in [0, 0.1) is 12.8 Å². The Balaban J connectivity index is 1.71.